The standard InChI is InChI=1S/C33H36Cl2F2N6O2S/c1-4-28(44)41-14-19(3)42(15-18(41)2)32-23-12-25(35)29(22-11-24(34)27(37)13-26(22)36)31-30(23)43(33(45)38-32)21(17-46-31)16-39-7-9-40(10-8-39)20-5-6-20/h4,11-13,18-21H,1,5-10,14-17H2,2-3H3/t18-,19+,21+/m1/s1. The summed E-state index contributed by atoms with van der Waals surface area (Å²) in [5, 5.41) is 0.710. The van der Waals surface area contributed by atoms with Gasteiger partial charge in [-0.15, -0.1) is 11.8 Å². The Balaban J connectivity index is 1.36. The van der Waals surface area contributed by atoms with Crippen LogP contribution in [0.15, 0.2) is 40.5 Å². The van der Waals surface area contributed by atoms with E-state index in [0.29, 0.717) is 52.6 Å². The monoisotopic (exact) mass is 688 g/mol. The maximum Gasteiger partial charge on any atom is 0.350 e. The van der Waals surface area contributed by atoms with Gasteiger partial charge >= 0.3 is 5.69 Å². The van der Waals surface area contributed by atoms with Gasteiger partial charge in [0.2, 0.25) is 5.91 Å². The minimum Gasteiger partial charge on any atom is -0.349 e. The summed E-state index contributed by atoms with van der Waals surface area (Å²) in [5.74, 6) is -0.750. The van der Waals surface area contributed by atoms with Crippen LogP contribution in [0.4, 0.5) is 14.6 Å². The predicted molar refractivity (Wildman–Crippen MR) is 180 cm³/mol. The van der Waals surface area contributed by atoms with Crippen LogP contribution in [0.3, 0.4) is 0 Å². The molecule has 0 N–H and O–H groups in total. The number of anilines is 1. The number of piperazine rings is 2. The zero-order valence-corrected chi connectivity index (χ0v) is 28.1. The summed E-state index contributed by atoms with van der Waals surface area (Å²) < 4.78 is 31.3. The number of thioether (sulfide) groups is 1. The molecule has 1 aromatic heterocycles. The van der Waals surface area contributed by atoms with E-state index < -0.39 is 11.6 Å². The van der Waals surface area contributed by atoms with Crippen LogP contribution in [0.25, 0.3) is 22.0 Å². The van der Waals surface area contributed by atoms with E-state index in [1.54, 1.807) is 15.5 Å². The van der Waals surface area contributed by atoms with Crippen LogP contribution in [0, 0.1) is 11.6 Å². The van der Waals surface area contributed by atoms with Gasteiger partial charge in [-0.25, -0.2) is 13.6 Å². The average molecular weight is 690 g/mol. The molecule has 0 bridgehead atoms. The minimum absolute atomic E-state index is 0.0753. The summed E-state index contributed by atoms with van der Waals surface area (Å²) in [5.41, 5.74) is 0.701. The van der Waals surface area contributed by atoms with E-state index in [2.05, 4.69) is 26.3 Å². The highest BCUT2D eigenvalue weighted by Gasteiger charge is 2.37. The van der Waals surface area contributed by atoms with Gasteiger partial charge in [0, 0.05) is 97.2 Å². The predicted octanol–water partition coefficient (Wildman–Crippen LogP) is 5.69. The van der Waals surface area contributed by atoms with E-state index in [1.165, 1.54) is 36.7 Å². The first-order chi connectivity index (χ1) is 22.0. The van der Waals surface area contributed by atoms with Crippen LogP contribution in [-0.4, -0.2) is 99.8 Å². The van der Waals surface area contributed by atoms with Crippen molar-refractivity contribution < 1.29 is 13.6 Å². The van der Waals surface area contributed by atoms with Crippen LogP contribution in [0.2, 0.25) is 10.0 Å². The SMILES string of the molecule is C=CC(=O)N1C[C@H](C)N(c2nc(=O)n3c4c(c(-c5cc(Cl)c(F)cc5F)c(Cl)cc24)SC[C@@H]3CN2CCN(C3CC3)CC2)C[C@H]1C. The van der Waals surface area contributed by atoms with Gasteiger partial charge in [0.05, 0.1) is 21.6 Å². The third-order valence-corrected chi connectivity index (χ3v) is 11.6. The highest BCUT2D eigenvalue weighted by molar-refractivity contribution is 7.99. The Morgan fingerprint density at radius 3 is 2.48 bits per heavy atom. The normalized spacial score (nSPS) is 24.1. The summed E-state index contributed by atoms with van der Waals surface area (Å²) in [6.45, 7) is 13.1. The van der Waals surface area contributed by atoms with Gasteiger partial charge in [-0.3, -0.25) is 19.2 Å². The fraction of sp³-hybridized carbons (Fsp3) is 0.485. The summed E-state index contributed by atoms with van der Waals surface area (Å²) in [6.07, 6.45) is 3.88. The number of carbonyl (C=O) groups excluding carboxylic acids is 1. The molecule has 0 spiro atoms. The van der Waals surface area contributed by atoms with Crippen LogP contribution >= 0.6 is 35.0 Å². The molecule has 0 unspecified atom stereocenters. The molecular formula is C33H36Cl2F2N6O2S. The van der Waals surface area contributed by atoms with E-state index in [1.807, 2.05) is 13.8 Å². The number of rotatable bonds is 6. The summed E-state index contributed by atoms with van der Waals surface area (Å²) in [6, 6.07) is 4.00. The van der Waals surface area contributed by atoms with Gasteiger partial charge in [0.15, 0.2) is 0 Å². The van der Waals surface area contributed by atoms with Crippen LogP contribution in [0.5, 0.6) is 0 Å². The highest BCUT2D eigenvalue weighted by Crippen LogP contribution is 2.49. The largest absolute Gasteiger partial charge is 0.350 e. The van der Waals surface area contributed by atoms with Gasteiger partial charge in [0.25, 0.3) is 0 Å². The molecule has 8 nitrogen and oxygen atoms in total. The van der Waals surface area contributed by atoms with E-state index in [0.717, 1.165) is 38.3 Å². The highest BCUT2D eigenvalue weighted by atomic mass is 35.5. The van der Waals surface area contributed by atoms with Gasteiger partial charge in [-0.2, -0.15) is 4.98 Å². The number of aromatic nitrogens is 2. The molecule has 1 aliphatic carbocycles. The Labute approximate surface area is 280 Å². The molecule has 1 amide bonds. The summed E-state index contributed by atoms with van der Waals surface area (Å²) >= 11 is 14.6. The molecule has 3 aromatic rings. The molecule has 2 aromatic carbocycles. The molecule has 3 fully saturated rings. The van der Waals surface area contributed by atoms with Crippen molar-refractivity contribution in [3.05, 3.63) is 63.0 Å². The van der Waals surface area contributed by atoms with Gasteiger partial charge < -0.3 is 9.80 Å². The number of halogens is 4. The molecule has 4 aliphatic rings. The van der Waals surface area contributed by atoms with Gasteiger partial charge in [0.1, 0.15) is 17.5 Å². The molecule has 1 saturated carbocycles. The fourth-order valence-electron chi connectivity index (χ4n) is 7.27. The van der Waals surface area contributed by atoms with E-state index in [-0.39, 0.29) is 45.3 Å². The molecule has 0 radical (unpaired) electrons. The molecule has 4 heterocycles. The summed E-state index contributed by atoms with van der Waals surface area (Å²) in [4.78, 5) is 40.8. The van der Waals surface area contributed by atoms with Gasteiger partial charge in [-0.05, 0) is 44.9 Å². The van der Waals surface area contributed by atoms with Crippen LogP contribution in [-0.2, 0) is 4.79 Å². The maximum atomic E-state index is 15.4. The van der Waals surface area contributed by atoms with E-state index in [9.17, 15) is 14.0 Å². The number of benzene rings is 2. The Morgan fingerprint density at radius 2 is 1.78 bits per heavy atom. The fourth-order valence-corrected chi connectivity index (χ4v) is 9.12. The quantitative estimate of drug-likeness (QED) is 0.244. The number of nitrogens with zero attached hydrogens (tertiary/aromatic N) is 6. The molecule has 2 saturated heterocycles. The molecule has 3 aliphatic heterocycles. The Morgan fingerprint density at radius 1 is 1.04 bits per heavy atom. The first-order valence-electron chi connectivity index (χ1n) is 15.8. The average Bonchev–Trinajstić information content (AvgIpc) is 3.88. The molecular weight excluding hydrogens is 653 g/mol. The lowest BCUT2D eigenvalue weighted by molar-refractivity contribution is -0.128. The number of hydrogen-bond donors (Lipinski definition) is 0. The molecule has 7 rings (SSSR count). The van der Waals surface area contributed by atoms with Crippen LogP contribution < -0.4 is 10.6 Å². The van der Waals surface area contributed by atoms with Crippen molar-refractivity contribution in [1.29, 1.82) is 0 Å². The van der Waals surface area contributed by atoms with Crippen molar-refractivity contribution in [2.45, 2.75) is 55.8 Å². The van der Waals surface area contributed by atoms with Crippen molar-refractivity contribution in [1.82, 2.24) is 24.3 Å². The van der Waals surface area contributed by atoms with E-state index in [4.69, 9.17) is 23.2 Å². The van der Waals surface area contributed by atoms with Crippen LogP contribution in [0.1, 0.15) is 32.7 Å². The Bertz CT molecular complexity index is 1790. The first-order valence-corrected chi connectivity index (χ1v) is 17.5. The molecule has 13 heteroatoms. The van der Waals surface area contributed by atoms with Crippen molar-refractivity contribution in [3.8, 4) is 11.1 Å². The second-order valence-electron chi connectivity index (χ2n) is 12.9. The van der Waals surface area contributed by atoms with Gasteiger partial charge in [-0.1, -0.05) is 29.8 Å². The van der Waals surface area contributed by atoms with Crippen molar-refractivity contribution >= 4 is 57.6 Å². The lowest BCUT2D eigenvalue weighted by Gasteiger charge is -2.45. The Kier molecular flexibility index (Phi) is 8.59. The lowest BCUT2D eigenvalue weighted by Crippen LogP contribution is -2.58. The molecule has 3 atom stereocenters. The molecule has 46 heavy (non-hydrogen) atoms. The van der Waals surface area contributed by atoms with Crippen molar-refractivity contribution in [2.75, 3.05) is 56.5 Å². The smallest absolute Gasteiger partial charge is 0.349 e. The number of hydrogen-bond acceptors (Lipinski definition) is 7. The summed E-state index contributed by atoms with van der Waals surface area (Å²) in [7, 11) is 0. The molecule has 244 valence electrons. The maximum absolute atomic E-state index is 15.4. The number of amides is 1. The minimum atomic E-state index is -0.858. The third kappa shape index (κ3) is 5.61. The lowest BCUT2D eigenvalue weighted by atomic mass is 10.0. The zero-order chi connectivity index (χ0) is 32.4. The second-order valence-corrected chi connectivity index (χ2v) is 14.7. The zero-order valence-electron chi connectivity index (χ0n) is 25.8. The van der Waals surface area contributed by atoms with E-state index >= 15 is 4.39 Å². The Hall–Kier alpha value is -2.70. The number of carbonyl (C=O) groups is 1. The van der Waals surface area contributed by atoms with Crippen molar-refractivity contribution in [2.24, 2.45) is 0 Å². The second kappa shape index (κ2) is 12.4. The first kappa shape index (κ1) is 31.9. The topological polar surface area (TPSA) is 64.9 Å². The van der Waals surface area contributed by atoms with Crippen molar-refractivity contribution in [3.63, 3.8) is 0 Å². The third-order valence-electron chi connectivity index (χ3n) is 9.82.